The second kappa shape index (κ2) is 10.2. The number of nitrogens with one attached hydrogen (secondary N) is 1. The number of anilines is 2. The van der Waals surface area contributed by atoms with Gasteiger partial charge in [0, 0.05) is 30.4 Å². The number of hydrogen-bond acceptors (Lipinski definition) is 7. The summed E-state index contributed by atoms with van der Waals surface area (Å²) in [7, 11) is 3.17. The van der Waals surface area contributed by atoms with Crippen molar-refractivity contribution in [2.24, 2.45) is 0 Å². The van der Waals surface area contributed by atoms with Gasteiger partial charge in [-0.2, -0.15) is 0 Å². The molecule has 4 rings (SSSR count). The van der Waals surface area contributed by atoms with Crippen molar-refractivity contribution in [1.82, 2.24) is 4.90 Å². The normalized spacial score (nSPS) is 17.0. The first-order chi connectivity index (χ1) is 16.4. The van der Waals surface area contributed by atoms with Crippen LogP contribution in [0.1, 0.15) is 24.0 Å². The molecule has 0 aliphatic carbocycles. The average molecular weight is 482 g/mol. The molecule has 0 bridgehead atoms. The molecule has 1 N–H and O–H groups in total. The molecule has 0 spiro atoms. The molecule has 0 saturated carbocycles. The molecule has 2 aromatic rings. The monoisotopic (exact) mass is 481 g/mol. The first-order valence-corrected chi connectivity index (χ1v) is 11.8. The molecule has 0 radical (unpaired) electrons. The molecule has 34 heavy (non-hydrogen) atoms. The van der Waals surface area contributed by atoms with Crippen LogP contribution in [0.5, 0.6) is 11.5 Å². The third kappa shape index (κ3) is 5.04. The SMILES string of the molecule is COc1cc(N2CCCC2)c(OC)cc1/C=C1\SC(=O)N(CC(=O)Nc2cccc(C)c2)C1=O. The Labute approximate surface area is 202 Å². The molecule has 0 unspecified atom stereocenters. The standard InChI is InChI=1S/C25H27N3O5S/c1-16-7-6-8-18(11-16)26-23(29)15-28-24(30)22(34-25(28)31)13-17-12-21(33-3)19(14-20(17)32-2)27-9-4-5-10-27/h6-8,11-14H,4-5,9-10,15H2,1-3H3,(H,26,29)/b22-13-. The van der Waals surface area contributed by atoms with Crippen LogP contribution < -0.4 is 19.7 Å². The largest absolute Gasteiger partial charge is 0.496 e. The molecule has 2 aliphatic rings. The van der Waals surface area contributed by atoms with E-state index in [1.54, 1.807) is 26.4 Å². The van der Waals surface area contributed by atoms with Crippen molar-refractivity contribution in [1.29, 1.82) is 0 Å². The molecular formula is C25H27N3O5S. The van der Waals surface area contributed by atoms with Gasteiger partial charge < -0.3 is 19.7 Å². The van der Waals surface area contributed by atoms with Gasteiger partial charge in [0.15, 0.2) is 0 Å². The van der Waals surface area contributed by atoms with Crippen LogP contribution in [0.25, 0.3) is 6.08 Å². The molecule has 0 aromatic heterocycles. The van der Waals surface area contributed by atoms with Gasteiger partial charge in [0.05, 0.1) is 24.8 Å². The van der Waals surface area contributed by atoms with Crippen LogP contribution in [0.15, 0.2) is 41.3 Å². The van der Waals surface area contributed by atoms with E-state index in [9.17, 15) is 14.4 Å². The topological polar surface area (TPSA) is 88.2 Å². The van der Waals surface area contributed by atoms with E-state index in [0.29, 0.717) is 22.7 Å². The Bertz CT molecular complexity index is 1160. The van der Waals surface area contributed by atoms with E-state index in [1.807, 2.05) is 37.3 Å². The summed E-state index contributed by atoms with van der Waals surface area (Å²) in [5.74, 6) is 0.291. The van der Waals surface area contributed by atoms with E-state index in [1.165, 1.54) is 0 Å². The van der Waals surface area contributed by atoms with Gasteiger partial charge in [0.2, 0.25) is 5.91 Å². The van der Waals surface area contributed by atoms with Crippen LogP contribution in [0.4, 0.5) is 16.2 Å². The van der Waals surface area contributed by atoms with Gasteiger partial charge in [-0.15, -0.1) is 0 Å². The lowest BCUT2D eigenvalue weighted by Gasteiger charge is -2.22. The fraction of sp³-hybridized carbons (Fsp3) is 0.320. The van der Waals surface area contributed by atoms with Crippen LogP contribution in [0, 0.1) is 6.92 Å². The van der Waals surface area contributed by atoms with Crippen molar-refractivity contribution in [3.63, 3.8) is 0 Å². The summed E-state index contributed by atoms with van der Waals surface area (Å²) in [5, 5.41) is 2.24. The third-order valence-electron chi connectivity index (χ3n) is 5.74. The Morgan fingerprint density at radius 2 is 1.82 bits per heavy atom. The van der Waals surface area contributed by atoms with E-state index < -0.39 is 17.1 Å². The Balaban J connectivity index is 1.53. The van der Waals surface area contributed by atoms with Crippen LogP contribution in [-0.2, 0) is 9.59 Å². The van der Waals surface area contributed by atoms with Gasteiger partial charge >= 0.3 is 0 Å². The van der Waals surface area contributed by atoms with E-state index >= 15 is 0 Å². The zero-order chi connectivity index (χ0) is 24.2. The van der Waals surface area contributed by atoms with Crippen LogP contribution in [-0.4, -0.2) is 55.8 Å². The number of thioether (sulfide) groups is 1. The maximum atomic E-state index is 12.9. The number of rotatable bonds is 7. The summed E-state index contributed by atoms with van der Waals surface area (Å²) in [4.78, 5) is 41.3. The summed E-state index contributed by atoms with van der Waals surface area (Å²) in [5.41, 5.74) is 3.17. The number of imide groups is 1. The minimum absolute atomic E-state index is 0.225. The van der Waals surface area contributed by atoms with Gasteiger partial charge in [-0.05, 0) is 61.4 Å². The van der Waals surface area contributed by atoms with E-state index in [0.717, 1.165) is 53.8 Å². The number of carbonyl (C=O) groups excluding carboxylic acids is 3. The summed E-state index contributed by atoms with van der Waals surface area (Å²) >= 11 is 0.801. The van der Waals surface area contributed by atoms with Gasteiger partial charge in [-0.1, -0.05) is 12.1 Å². The van der Waals surface area contributed by atoms with E-state index in [2.05, 4.69) is 10.2 Å². The maximum absolute atomic E-state index is 12.9. The van der Waals surface area contributed by atoms with Gasteiger partial charge in [-0.3, -0.25) is 19.3 Å². The van der Waals surface area contributed by atoms with Crippen LogP contribution in [0.3, 0.4) is 0 Å². The molecule has 0 atom stereocenters. The van der Waals surface area contributed by atoms with Crippen molar-refractivity contribution < 1.29 is 23.9 Å². The highest BCUT2D eigenvalue weighted by molar-refractivity contribution is 8.18. The molecular weight excluding hydrogens is 454 g/mol. The Hall–Kier alpha value is -3.46. The van der Waals surface area contributed by atoms with Crippen molar-refractivity contribution in [2.45, 2.75) is 19.8 Å². The number of amides is 3. The molecule has 2 aliphatic heterocycles. The minimum atomic E-state index is -0.515. The van der Waals surface area contributed by atoms with Crippen molar-refractivity contribution >= 4 is 46.3 Å². The molecule has 2 saturated heterocycles. The van der Waals surface area contributed by atoms with Crippen molar-refractivity contribution in [3.8, 4) is 11.5 Å². The lowest BCUT2D eigenvalue weighted by Crippen LogP contribution is -2.36. The summed E-state index contributed by atoms with van der Waals surface area (Å²) in [6, 6.07) is 11.0. The fourth-order valence-corrected chi connectivity index (χ4v) is 4.90. The van der Waals surface area contributed by atoms with Gasteiger partial charge in [-0.25, -0.2) is 0 Å². The predicted octanol–water partition coefficient (Wildman–Crippen LogP) is 4.29. The number of nitrogens with zero attached hydrogens (tertiary/aromatic N) is 2. The Morgan fingerprint density at radius 1 is 1.09 bits per heavy atom. The molecule has 2 heterocycles. The van der Waals surface area contributed by atoms with Crippen molar-refractivity contribution in [2.75, 3.05) is 44.1 Å². The molecule has 9 heteroatoms. The lowest BCUT2D eigenvalue weighted by molar-refractivity contribution is -0.127. The highest BCUT2D eigenvalue weighted by Crippen LogP contribution is 2.40. The molecule has 3 amide bonds. The summed E-state index contributed by atoms with van der Waals surface area (Å²) in [6.07, 6.45) is 3.86. The number of ether oxygens (including phenoxy) is 2. The van der Waals surface area contributed by atoms with Crippen molar-refractivity contribution in [3.05, 3.63) is 52.4 Å². The quantitative estimate of drug-likeness (QED) is 0.590. The average Bonchev–Trinajstić information content (AvgIpc) is 3.43. The smallest absolute Gasteiger partial charge is 0.294 e. The first kappa shape index (κ1) is 23.7. The van der Waals surface area contributed by atoms with Gasteiger partial charge in [0.25, 0.3) is 11.1 Å². The van der Waals surface area contributed by atoms with Crippen LogP contribution in [0.2, 0.25) is 0 Å². The summed E-state index contributed by atoms with van der Waals surface area (Å²) < 4.78 is 11.2. The van der Waals surface area contributed by atoms with E-state index in [4.69, 9.17) is 9.47 Å². The van der Waals surface area contributed by atoms with Crippen LogP contribution >= 0.6 is 11.8 Å². The molecule has 2 aromatic carbocycles. The third-order valence-corrected chi connectivity index (χ3v) is 6.65. The molecule has 178 valence electrons. The molecule has 8 nitrogen and oxygen atoms in total. The van der Waals surface area contributed by atoms with E-state index in [-0.39, 0.29) is 11.4 Å². The zero-order valence-corrected chi connectivity index (χ0v) is 20.2. The minimum Gasteiger partial charge on any atom is -0.496 e. The fourth-order valence-electron chi connectivity index (χ4n) is 4.07. The first-order valence-electron chi connectivity index (χ1n) is 11.0. The number of hydrogen-bond donors (Lipinski definition) is 1. The highest BCUT2D eigenvalue weighted by atomic mass is 32.2. The predicted molar refractivity (Wildman–Crippen MR) is 133 cm³/mol. The second-order valence-electron chi connectivity index (χ2n) is 8.15. The number of aryl methyl sites for hydroxylation is 1. The Morgan fingerprint density at radius 3 is 2.50 bits per heavy atom. The lowest BCUT2D eigenvalue weighted by atomic mass is 10.1. The zero-order valence-electron chi connectivity index (χ0n) is 19.4. The Kier molecular flexibility index (Phi) is 7.12. The maximum Gasteiger partial charge on any atom is 0.294 e. The number of benzene rings is 2. The second-order valence-corrected chi connectivity index (χ2v) is 9.14. The highest BCUT2D eigenvalue weighted by Gasteiger charge is 2.36. The van der Waals surface area contributed by atoms with Gasteiger partial charge in [0.1, 0.15) is 18.0 Å². The number of carbonyl (C=O) groups is 3. The molecule has 2 fully saturated rings. The number of methoxy groups -OCH3 is 2. The summed E-state index contributed by atoms with van der Waals surface area (Å²) in [6.45, 7) is 3.45.